The number of carbonyl (C=O) groups excluding carboxylic acids is 2. The average Bonchev–Trinajstić information content (AvgIpc) is 3.51. The van der Waals surface area contributed by atoms with E-state index in [-0.39, 0.29) is 35.8 Å². The van der Waals surface area contributed by atoms with Crippen LogP contribution in [0.3, 0.4) is 0 Å². The normalized spacial score (nSPS) is 11.3. The zero-order valence-electron chi connectivity index (χ0n) is 24.5. The van der Waals surface area contributed by atoms with Crippen molar-refractivity contribution in [3.8, 4) is 16.9 Å². The number of anilines is 2. The van der Waals surface area contributed by atoms with E-state index in [9.17, 15) is 22.8 Å². The number of ketones is 1. The molecular formula is C33H29F3N6O3. The number of aromatic nitrogens is 5. The molecule has 0 saturated heterocycles. The monoisotopic (exact) mass is 614 g/mol. The number of benzene rings is 2. The Kier molecular flexibility index (Phi) is 9.31. The van der Waals surface area contributed by atoms with E-state index in [1.807, 2.05) is 13.0 Å². The lowest BCUT2D eigenvalue weighted by atomic mass is 9.99. The molecule has 3 aromatic heterocycles. The van der Waals surface area contributed by atoms with Crippen LogP contribution in [0.4, 0.5) is 24.8 Å². The van der Waals surface area contributed by atoms with Crippen LogP contribution in [0, 0.1) is 6.92 Å². The van der Waals surface area contributed by atoms with Crippen LogP contribution in [-0.4, -0.2) is 43.4 Å². The molecule has 0 radical (unpaired) electrons. The third kappa shape index (κ3) is 7.96. The first kappa shape index (κ1) is 31.0. The lowest BCUT2D eigenvalue weighted by molar-refractivity contribution is -0.140. The molecule has 0 amide bonds. The maximum Gasteiger partial charge on any atom is 0.416 e. The smallest absolute Gasteiger partial charge is 0.416 e. The number of nitrogens with zero attached hydrogens (tertiary/aromatic N) is 5. The number of alkyl halides is 3. The van der Waals surface area contributed by atoms with E-state index >= 15 is 0 Å². The fourth-order valence-corrected chi connectivity index (χ4v) is 4.67. The first-order valence-electron chi connectivity index (χ1n) is 14.0. The van der Waals surface area contributed by atoms with E-state index in [1.165, 1.54) is 24.1 Å². The highest BCUT2D eigenvalue weighted by molar-refractivity contribution is 5.98. The van der Waals surface area contributed by atoms with Gasteiger partial charge in [0.15, 0.2) is 5.78 Å². The first-order chi connectivity index (χ1) is 21.6. The van der Waals surface area contributed by atoms with Crippen LogP contribution < -0.4 is 5.32 Å². The number of rotatable bonds is 11. The number of nitrogens with one attached hydrogen (secondary N) is 1. The van der Waals surface area contributed by atoms with Gasteiger partial charge in [0.05, 0.1) is 30.4 Å². The summed E-state index contributed by atoms with van der Waals surface area (Å²) < 4.78 is 47.7. The Morgan fingerprint density at radius 3 is 2.62 bits per heavy atom. The van der Waals surface area contributed by atoms with Gasteiger partial charge in [0.2, 0.25) is 5.95 Å². The van der Waals surface area contributed by atoms with Crippen molar-refractivity contribution in [3.63, 3.8) is 0 Å². The minimum absolute atomic E-state index is 0.202. The third-order valence-corrected chi connectivity index (χ3v) is 7.06. The number of pyridine rings is 1. The quantitative estimate of drug-likeness (QED) is 0.129. The van der Waals surface area contributed by atoms with Gasteiger partial charge in [0, 0.05) is 60.1 Å². The molecule has 9 nitrogen and oxygen atoms in total. The molecule has 0 atom stereocenters. The lowest BCUT2D eigenvalue weighted by Gasteiger charge is -2.14. The van der Waals surface area contributed by atoms with E-state index in [0.717, 1.165) is 23.3 Å². The predicted octanol–water partition coefficient (Wildman–Crippen LogP) is 6.72. The number of Topliss-reactive ketones (excluding diaryl/α,β-unsaturated/α-hetero) is 1. The minimum Gasteiger partial charge on any atom is -0.469 e. The van der Waals surface area contributed by atoms with Crippen molar-refractivity contribution < 1.29 is 27.5 Å². The van der Waals surface area contributed by atoms with E-state index in [1.54, 1.807) is 55.1 Å². The third-order valence-electron chi connectivity index (χ3n) is 7.06. The molecule has 45 heavy (non-hydrogen) atoms. The van der Waals surface area contributed by atoms with E-state index in [4.69, 9.17) is 0 Å². The van der Waals surface area contributed by atoms with Crippen molar-refractivity contribution in [3.05, 3.63) is 114 Å². The van der Waals surface area contributed by atoms with Crippen LogP contribution in [0.5, 0.6) is 0 Å². The average molecular weight is 615 g/mol. The number of esters is 1. The summed E-state index contributed by atoms with van der Waals surface area (Å²) in [5.41, 5.74) is 3.37. The second-order valence-electron chi connectivity index (χ2n) is 10.3. The van der Waals surface area contributed by atoms with Crippen molar-refractivity contribution >= 4 is 23.4 Å². The van der Waals surface area contributed by atoms with Gasteiger partial charge in [-0.2, -0.15) is 13.2 Å². The maximum absolute atomic E-state index is 13.9. The van der Waals surface area contributed by atoms with E-state index in [2.05, 4.69) is 30.0 Å². The van der Waals surface area contributed by atoms with Crippen LogP contribution in [0.25, 0.3) is 16.9 Å². The Labute approximate surface area is 257 Å². The molecule has 0 aliphatic heterocycles. The molecule has 5 aromatic rings. The van der Waals surface area contributed by atoms with Crippen molar-refractivity contribution in [2.75, 3.05) is 12.4 Å². The molecule has 0 saturated carbocycles. The number of hydrogen-bond acceptors (Lipinski definition) is 8. The predicted molar refractivity (Wildman–Crippen MR) is 161 cm³/mol. The number of methoxy groups -OCH3 is 1. The summed E-state index contributed by atoms with van der Waals surface area (Å²) in [7, 11) is 1.31. The fraction of sp³-hybridized carbons (Fsp3) is 0.212. The van der Waals surface area contributed by atoms with Crippen molar-refractivity contribution in [1.82, 2.24) is 24.5 Å². The van der Waals surface area contributed by atoms with Crippen molar-refractivity contribution in [2.45, 2.75) is 38.8 Å². The van der Waals surface area contributed by atoms with Gasteiger partial charge in [-0.1, -0.05) is 12.1 Å². The Hall–Kier alpha value is -5.39. The largest absolute Gasteiger partial charge is 0.469 e. The minimum atomic E-state index is -4.62. The molecule has 0 bridgehead atoms. The molecule has 230 valence electrons. The van der Waals surface area contributed by atoms with Gasteiger partial charge < -0.3 is 14.6 Å². The SMILES string of the molecule is COC(=O)CCCc1cn(-c2cc(CC(=O)c3ccc(C)c(Nc4nccc(-c5cccnc5)n4)c3)cc(C(F)(F)F)c2)cn1. The van der Waals surface area contributed by atoms with Gasteiger partial charge in [0.25, 0.3) is 0 Å². The Morgan fingerprint density at radius 2 is 1.87 bits per heavy atom. The second kappa shape index (κ2) is 13.5. The number of halogens is 3. The summed E-state index contributed by atoms with van der Waals surface area (Å²) in [5, 5.41) is 3.15. The van der Waals surface area contributed by atoms with Crippen molar-refractivity contribution in [1.29, 1.82) is 0 Å². The van der Waals surface area contributed by atoms with E-state index in [0.29, 0.717) is 41.4 Å². The number of carbonyl (C=O) groups is 2. The molecule has 0 unspecified atom stereocenters. The van der Waals surface area contributed by atoms with Crippen LogP contribution in [0.15, 0.2) is 85.7 Å². The topological polar surface area (TPSA) is 112 Å². The van der Waals surface area contributed by atoms with Gasteiger partial charge in [-0.25, -0.2) is 15.0 Å². The van der Waals surface area contributed by atoms with Crippen LogP contribution in [0.2, 0.25) is 0 Å². The summed E-state index contributed by atoms with van der Waals surface area (Å²) in [4.78, 5) is 42.0. The molecule has 0 aliphatic rings. The standard InChI is InChI=1S/C33H29F3N6O3/c1-21-8-9-23(16-29(21)41-32-38-12-10-28(40-32)24-5-4-11-37-18-24)30(43)15-22-13-25(33(34,35)36)17-27(14-22)42-19-26(39-20-42)6-3-7-31(44)45-2/h4-5,8-14,16-20H,3,6-7,15H2,1-2H3,(H,38,40,41). The molecule has 12 heteroatoms. The highest BCUT2D eigenvalue weighted by atomic mass is 19.4. The highest BCUT2D eigenvalue weighted by Crippen LogP contribution is 2.32. The number of ether oxygens (including phenoxy) is 1. The number of imidazole rings is 1. The molecule has 2 aromatic carbocycles. The first-order valence-corrected chi connectivity index (χ1v) is 14.0. The molecule has 0 fully saturated rings. The number of hydrogen-bond donors (Lipinski definition) is 1. The lowest BCUT2D eigenvalue weighted by Crippen LogP contribution is -2.10. The summed E-state index contributed by atoms with van der Waals surface area (Å²) in [6.45, 7) is 1.86. The fourth-order valence-electron chi connectivity index (χ4n) is 4.67. The van der Waals surface area contributed by atoms with Gasteiger partial charge >= 0.3 is 12.1 Å². The summed E-state index contributed by atoms with van der Waals surface area (Å²) in [6.07, 6.45) is 4.27. The second-order valence-corrected chi connectivity index (χ2v) is 10.3. The molecule has 0 aliphatic carbocycles. The Balaban J connectivity index is 1.36. The van der Waals surface area contributed by atoms with E-state index < -0.39 is 11.7 Å². The Morgan fingerprint density at radius 1 is 1.02 bits per heavy atom. The van der Waals surface area contributed by atoms with Gasteiger partial charge in [-0.3, -0.25) is 14.6 Å². The van der Waals surface area contributed by atoms with Crippen LogP contribution in [0.1, 0.15) is 45.6 Å². The molecule has 0 spiro atoms. The number of aryl methyl sites for hydroxylation is 2. The molecular weight excluding hydrogens is 585 g/mol. The van der Waals surface area contributed by atoms with Gasteiger partial charge in [-0.05, 0) is 73.4 Å². The summed E-state index contributed by atoms with van der Waals surface area (Å²) in [5.74, 6) is -0.388. The van der Waals surface area contributed by atoms with Crippen LogP contribution >= 0.6 is 0 Å². The zero-order chi connectivity index (χ0) is 32.0. The summed E-state index contributed by atoms with van der Waals surface area (Å²) >= 11 is 0. The molecule has 1 N–H and O–H groups in total. The Bertz CT molecular complexity index is 1820. The van der Waals surface area contributed by atoms with Crippen molar-refractivity contribution in [2.24, 2.45) is 0 Å². The van der Waals surface area contributed by atoms with Gasteiger partial charge in [-0.15, -0.1) is 0 Å². The van der Waals surface area contributed by atoms with Crippen LogP contribution in [-0.2, 0) is 28.5 Å². The molecule has 5 rings (SSSR count). The van der Waals surface area contributed by atoms with Gasteiger partial charge in [0.1, 0.15) is 0 Å². The highest BCUT2D eigenvalue weighted by Gasteiger charge is 2.31. The molecule has 3 heterocycles. The summed E-state index contributed by atoms with van der Waals surface area (Å²) in [6, 6.07) is 14.0. The zero-order valence-corrected chi connectivity index (χ0v) is 24.5. The maximum atomic E-state index is 13.9.